The molecule has 1 heterocycles. The van der Waals surface area contributed by atoms with Crippen LogP contribution in [0.2, 0.25) is 10.0 Å². The van der Waals surface area contributed by atoms with Crippen LogP contribution < -0.4 is 9.80 Å². The number of urea groups is 1. The minimum absolute atomic E-state index is 0.343. The predicted octanol–water partition coefficient (Wildman–Crippen LogP) is 6.76. The maximum absolute atomic E-state index is 14.0. The molecule has 0 bridgehead atoms. The topological polar surface area (TPSA) is 48.1 Å². The summed E-state index contributed by atoms with van der Waals surface area (Å²) in [5.74, 6) is 0. The summed E-state index contributed by atoms with van der Waals surface area (Å²) in [6, 6.07) is 20.4. The maximum Gasteiger partial charge on any atom is 0.332 e. The number of anilines is 2. The van der Waals surface area contributed by atoms with E-state index < -0.39 is 11.3 Å². The molecule has 0 aromatic heterocycles. The number of hydrogen-bond acceptors (Lipinski definition) is 2. The summed E-state index contributed by atoms with van der Waals surface area (Å²) in [6.07, 6.45) is 2.10. The van der Waals surface area contributed by atoms with Gasteiger partial charge in [-0.3, -0.25) is 9.80 Å². The fourth-order valence-corrected chi connectivity index (χ4v) is 5.15. The molecule has 2 fully saturated rings. The van der Waals surface area contributed by atoms with Crippen molar-refractivity contribution in [3.63, 3.8) is 0 Å². The number of halogens is 2. The lowest BCUT2D eigenvalue weighted by molar-refractivity contribution is -0.0524. The zero-order valence-corrected chi connectivity index (χ0v) is 18.5. The van der Waals surface area contributed by atoms with Crippen LogP contribution in [0.15, 0.2) is 72.8 Å². The molecule has 1 unspecified atom stereocenters. The van der Waals surface area contributed by atoms with E-state index in [1.54, 1.807) is 77.7 Å². The van der Waals surface area contributed by atoms with Crippen LogP contribution in [0.1, 0.15) is 24.8 Å². The molecular weight excluding hydrogens is 445 g/mol. The van der Waals surface area contributed by atoms with Crippen LogP contribution in [-0.4, -0.2) is 16.7 Å². The second-order valence-electron chi connectivity index (χ2n) is 8.13. The van der Waals surface area contributed by atoms with Crippen molar-refractivity contribution < 1.29 is 9.90 Å². The van der Waals surface area contributed by atoms with Crippen LogP contribution in [0.4, 0.5) is 21.9 Å². The molecule has 1 aliphatic carbocycles. The quantitative estimate of drug-likeness (QED) is 0.436. The molecule has 160 valence electrons. The molecule has 0 radical (unpaired) electrons. The fourth-order valence-electron chi connectivity index (χ4n) is 4.89. The lowest BCUT2D eigenvalue weighted by Crippen LogP contribution is -2.63. The Hall–Kier alpha value is -3.04. The van der Waals surface area contributed by atoms with Gasteiger partial charge >= 0.3 is 6.03 Å². The lowest BCUT2D eigenvalue weighted by Gasteiger charge is -2.52. The summed E-state index contributed by atoms with van der Waals surface area (Å²) in [5, 5.41) is 13.6. The number of nitrogens with zero attached hydrogens (tertiary/aromatic N) is 3. The first-order chi connectivity index (χ1) is 15.4. The van der Waals surface area contributed by atoms with Gasteiger partial charge in [-0.05, 0) is 79.4 Å². The second kappa shape index (κ2) is 7.53. The van der Waals surface area contributed by atoms with Crippen molar-refractivity contribution >= 4 is 46.3 Å². The summed E-state index contributed by atoms with van der Waals surface area (Å²) in [7, 11) is 0. The van der Waals surface area contributed by atoms with Crippen molar-refractivity contribution in [2.24, 2.45) is 0 Å². The van der Waals surface area contributed by atoms with Crippen molar-refractivity contribution in [2.75, 3.05) is 9.80 Å². The van der Waals surface area contributed by atoms with Gasteiger partial charge in [0.05, 0.1) is 6.57 Å². The Kier molecular flexibility index (Phi) is 4.90. The molecule has 1 N–H and O–H groups in total. The van der Waals surface area contributed by atoms with Gasteiger partial charge in [0.25, 0.3) is 0 Å². The Morgan fingerprint density at radius 1 is 0.875 bits per heavy atom. The van der Waals surface area contributed by atoms with Gasteiger partial charge in [-0.25, -0.2) is 9.64 Å². The molecule has 1 atom stereocenters. The average Bonchev–Trinajstić information content (AvgIpc) is 3.00. The average molecular weight is 464 g/mol. The fraction of sp³-hybridized carbons (Fsp3) is 0.200. The summed E-state index contributed by atoms with van der Waals surface area (Å²) in [4.78, 5) is 20.6. The van der Waals surface area contributed by atoms with E-state index in [0.29, 0.717) is 45.5 Å². The molecule has 3 aromatic carbocycles. The number of hydrogen-bond donors (Lipinski definition) is 1. The standard InChI is InChI=1S/C25H19Cl2N3O2/c1-28-20-5-2-4-17(16-20)25(32)24(14-3-15-24)29(21-10-6-18(26)7-11-21)23(31)30(25)22-12-8-19(27)9-13-22/h2,4-13,16,32H,3,14-15H2. The van der Waals surface area contributed by atoms with E-state index in [1.807, 2.05) is 0 Å². The second-order valence-corrected chi connectivity index (χ2v) is 9.00. The van der Waals surface area contributed by atoms with Gasteiger partial charge in [0, 0.05) is 21.4 Å². The molecule has 5 nitrogen and oxygen atoms in total. The summed E-state index contributed by atoms with van der Waals surface area (Å²) < 4.78 is 0. The van der Waals surface area contributed by atoms with E-state index in [1.165, 1.54) is 4.90 Å². The number of benzene rings is 3. The first kappa shape index (κ1) is 20.8. The van der Waals surface area contributed by atoms with E-state index in [0.717, 1.165) is 6.42 Å². The molecule has 1 saturated carbocycles. The van der Waals surface area contributed by atoms with Gasteiger partial charge in [-0.2, -0.15) is 0 Å². The number of amides is 2. The van der Waals surface area contributed by atoms with E-state index >= 15 is 0 Å². The van der Waals surface area contributed by atoms with Crippen LogP contribution in [0.25, 0.3) is 4.85 Å². The van der Waals surface area contributed by atoms with E-state index in [2.05, 4.69) is 4.85 Å². The molecule has 2 aliphatic rings. The number of carbonyl (C=O) groups excluding carboxylic acids is 1. The highest BCUT2D eigenvalue weighted by atomic mass is 35.5. The van der Waals surface area contributed by atoms with Gasteiger partial charge in [0.1, 0.15) is 5.54 Å². The monoisotopic (exact) mass is 463 g/mol. The van der Waals surface area contributed by atoms with Gasteiger partial charge < -0.3 is 5.11 Å². The van der Waals surface area contributed by atoms with Crippen molar-refractivity contribution in [3.05, 3.63) is 99.8 Å². The highest BCUT2D eigenvalue weighted by Gasteiger charge is 2.70. The minimum atomic E-state index is -1.68. The van der Waals surface area contributed by atoms with Gasteiger partial charge in [-0.15, -0.1) is 0 Å². The van der Waals surface area contributed by atoms with Crippen LogP contribution in [0.3, 0.4) is 0 Å². The Balaban J connectivity index is 1.77. The molecule has 1 spiro atoms. The summed E-state index contributed by atoms with van der Waals surface area (Å²) >= 11 is 12.2. The SMILES string of the molecule is [C-]#[N+]c1cccc(C2(O)N(c3ccc(Cl)cc3)C(=O)N(c3ccc(Cl)cc3)C23CCC3)c1. The highest BCUT2D eigenvalue weighted by Crippen LogP contribution is 2.59. The number of aliphatic hydroxyl groups is 1. The molecule has 1 aliphatic heterocycles. The first-order valence-electron chi connectivity index (χ1n) is 10.3. The molecule has 1 saturated heterocycles. The van der Waals surface area contributed by atoms with Gasteiger partial charge in [0.15, 0.2) is 11.4 Å². The summed E-state index contributed by atoms with van der Waals surface area (Å²) in [5.41, 5.74) is -0.480. The molecule has 32 heavy (non-hydrogen) atoms. The molecule has 3 aromatic rings. The smallest absolute Gasteiger partial charge is 0.332 e. The molecular formula is C25H19Cl2N3O2. The van der Waals surface area contributed by atoms with Crippen molar-refractivity contribution in [1.82, 2.24) is 0 Å². The third kappa shape index (κ3) is 2.84. The normalized spacial score (nSPS) is 21.5. The zero-order chi connectivity index (χ0) is 22.5. The van der Waals surface area contributed by atoms with Crippen molar-refractivity contribution in [2.45, 2.75) is 30.5 Å². The van der Waals surface area contributed by atoms with Crippen LogP contribution in [0, 0.1) is 6.57 Å². The van der Waals surface area contributed by atoms with E-state index in [-0.39, 0.29) is 6.03 Å². The zero-order valence-electron chi connectivity index (χ0n) is 17.0. The van der Waals surface area contributed by atoms with Crippen LogP contribution >= 0.6 is 23.2 Å². The molecule has 2 amide bonds. The third-order valence-corrected chi connectivity index (χ3v) is 7.02. The van der Waals surface area contributed by atoms with Crippen LogP contribution in [-0.2, 0) is 5.72 Å². The predicted molar refractivity (Wildman–Crippen MR) is 126 cm³/mol. The Morgan fingerprint density at radius 3 is 1.94 bits per heavy atom. The Bertz CT molecular complexity index is 1230. The largest absolute Gasteiger partial charge is 0.365 e. The Labute approximate surface area is 196 Å². The first-order valence-corrected chi connectivity index (χ1v) is 11.0. The maximum atomic E-state index is 14.0. The van der Waals surface area contributed by atoms with E-state index in [4.69, 9.17) is 29.8 Å². The lowest BCUT2D eigenvalue weighted by atomic mass is 9.66. The van der Waals surface area contributed by atoms with Crippen molar-refractivity contribution in [1.29, 1.82) is 0 Å². The minimum Gasteiger partial charge on any atom is -0.365 e. The number of rotatable bonds is 3. The molecule has 5 rings (SSSR count). The number of carbonyl (C=O) groups is 1. The molecule has 7 heteroatoms. The van der Waals surface area contributed by atoms with Gasteiger partial charge in [-0.1, -0.05) is 41.4 Å². The third-order valence-electron chi connectivity index (χ3n) is 6.51. The van der Waals surface area contributed by atoms with Gasteiger partial charge in [0.2, 0.25) is 0 Å². The Morgan fingerprint density at radius 2 is 1.44 bits per heavy atom. The van der Waals surface area contributed by atoms with Crippen molar-refractivity contribution in [3.8, 4) is 0 Å². The highest BCUT2D eigenvalue weighted by molar-refractivity contribution is 6.31. The van der Waals surface area contributed by atoms with Crippen LogP contribution in [0.5, 0.6) is 0 Å². The van der Waals surface area contributed by atoms with E-state index in [9.17, 15) is 9.90 Å². The summed E-state index contributed by atoms with van der Waals surface area (Å²) in [6.45, 7) is 7.43.